The van der Waals surface area contributed by atoms with Gasteiger partial charge in [-0.1, -0.05) is 29.8 Å². The Labute approximate surface area is 217 Å². The highest BCUT2D eigenvalue weighted by Gasteiger charge is 2.32. The molecule has 0 radical (unpaired) electrons. The summed E-state index contributed by atoms with van der Waals surface area (Å²) in [5.74, 6) is -0.659. The number of fused-ring (bicyclic) bond motifs is 1. The Kier molecular flexibility index (Phi) is 7.30. The molecular formula is C26H26Cl2F3N3O2. The van der Waals surface area contributed by atoms with Crippen molar-refractivity contribution in [3.8, 4) is 0 Å². The van der Waals surface area contributed by atoms with Gasteiger partial charge in [0, 0.05) is 73.1 Å². The molecule has 2 aromatic heterocycles. The molecule has 1 fully saturated rings. The summed E-state index contributed by atoms with van der Waals surface area (Å²) >= 11 is 13.3. The first-order valence-electron chi connectivity index (χ1n) is 11.5. The maximum Gasteiger partial charge on any atom is 0.416 e. The summed E-state index contributed by atoms with van der Waals surface area (Å²) in [7, 11) is 1.71. The van der Waals surface area contributed by atoms with E-state index in [1.54, 1.807) is 30.9 Å². The highest BCUT2D eigenvalue weighted by Crippen LogP contribution is 2.38. The number of carbonyl (C=O) groups is 1. The molecule has 1 N–H and O–H groups in total. The van der Waals surface area contributed by atoms with Gasteiger partial charge in [0.2, 0.25) is 0 Å². The summed E-state index contributed by atoms with van der Waals surface area (Å²) < 4.78 is 41.7. The first-order valence-corrected chi connectivity index (χ1v) is 12.3. The maximum absolute atomic E-state index is 13.3. The van der Waals surface area contributed by atoms with E-state index in [0.717, 1.165) is 35.9 Å². The molecule has 36 heavy (non-hydrogen) atoms. The molecule has 3 heterocycles. The highest BCUT2D eigenvalue weighted by atomic mass is 35.5. The number of benzene rings is 1. The van der Waals surface area contributed by atoms with Crippen LogP contribution in [0.25, 0.3) is 16.6 Å². The number of nitrogens with zero attached hydrogens (tertiary/aromatic N) is 3. The Hall–Kier alpha value is -2.71. The van der Waals surface area contributed by atoms with E-state index in [2.05, 4.69) is 16.5 Å². The highest BCUT2D eigenvalue weighted by molar-refractivity contribution is 6.36. The topological polar surface area (TPSA) is 58.4 Å². The quantitative estimate of drug-likeness (QED) is 0.344. The Morgan fingerprint density at radius 2 is 1.92 bits per heavy atom. The molecule has 3 aromatic rings. The number of halogens is 5. The predicted molar refractivity (Wildman–Crippen MR) is 135 cm³/mol. The summed E-state index contributed by atoms with van der Waals surface area (Å²) in [5.41, 5.74) is 2.98. The third kappa shape index (κ3) is 5.20. The number of hydrogen-bond donors (Lipinski definition) is 1. The molecule has 1 aliphatic rings. The first-order chi connectivity index (χ1) is 16.9. The molecule has 0 atom stereocenters. The fourth-order valence-electron chi connectivity index (χ4n) is 5.01. The smallest absolute Gasteiger partial charge is 0.416 e. The number of aliphatic carboxylic acids is 1. The van der Waals surface area contributed by atoms with Crippen LogP contribution in [-0.4, -0.2) is 38.6 Å². The summed E-state index contributed by atoms with van der Waals surface area (Å²) in [4.78, 5) is 17.4. The van der Waals surface area contributed by atoms with Crippen LogP contribution in [0.2, 0.25) is 10.2 Å². The van der Waals surface area contributed by atoms with Gasteiger partial charge < -0.3 is 14.6 Å². The summed E-state index contributed by atoms with van der Waals surface area (Å²) in [6.45, 7) is 7.19. The number of hydrogen-bond acceptors (Lipinski definition) is 3. The van der Waals surface area contributed by atoms with Crippen molar-refractivity contribution in [2.45, 2.75) is 38.8 Å². The Morgan fingerprint density at radius 1 is 1.25 bits per heavy atom. The predicted octanol–water partition coefficient (Wildman–Crippen LogP) is 6.96. The second-order valence-electron chi connectivity index (χ2n) is 9.36. The molecule has 0 amide bonds. The van der Waals surface area contributed by atoms with Gasteiger partial charge >= 0.3 is 12.1 Å². The monoisotopic (exact) mass is 539 g/mol. The van der Waals surface area contributed by atoms with E-state index in [9.17, 15) is 18.0 Å². The van der Waals surface area contributed by atoms with Gasteiger partial charge in [0.15, 0.2) is 0 Å². The summed E-state index contributed by atoms with van der Waals surface area (Å²) in [6.07, 6.45) is 0.858. The Morgan fingerprint density at radius 3 is 2.53 bits per heavy atom. The molecule has 4 rings (SSSR count). The van der Waals surface area contributed by atoms with Crippen LogP contribution < -0.4 is 0 Å². The van der Waals surface area contributed by atoms with Gasteiger partial charge in [-0.15, -0.1) is 0 Å². The molecule has 0 spiro atoms. The number of pyridine rings is 1. The maximum atomic E-state index is 13.3. The van der Waals surface area contributed by atoms with Gasteiger partial charge in [0.25, 0.3) is 0 Å². The van der Waals surface area contributed by atoms with Crippen LogP contribution in [0.5, 0.6) is 0 Å². The zero-order chi connectivity index (χ0) is 26.4. The Balaban J connectivity index is 1.64. The van der Waals surface area contributed by atoms with Crippen molar-refractivity contribution in [3.05, 3.63) is 69.1 Å². The van der Waals surface area contributed by atoms with Crippen LogP contribution >= 0.6 is 23.2 Å². The largest absolute Gasteiger partial charge is 0.481 e. The van der Waals surface area contributed by atoms with E-state index in [1.165, 1.54) is 0 Å². The minimum absolute atomic E-state index is 0.133. The van der Waals surface area contributed by atoms with E-state index in [1.807, 2.05) is 0 Å². The van der Waals surface area contributed by atoms with Crippen molar-refractivity contribution >= 4 is 45.8 Å². The number of likely N-dealkylation sites (tertiary alicyclic amines) is 1. The summed E-state index contributed by atoms with van der Waals surface area (Å²) in [6, 6.07) is 2.30. The van der Waals surface area contributed by atoms with E-state index in [4.69, 9.17) is 28.3 Å². The lowest BCUT2D eigenvalue weighted by atomic mass is 9.93. The Bertz CT molecular complexity index is 1340. The van der Waals surface area contributed by atoms with Crippen molar-refractivity contribution in [2.24, 2.45) is 13.0 Å². The molecule has 192 valence electrons. The van der Waals surface area contributed by atoms with Gasteiger partial charge in [-0.25, -0.2) is 4.98 Å². The third-order valence-corrected chi connectivity index (χ3v) is 7.65. The number of carboxylic acid groups (broad SMARTS) is 1. The number of aryl methyl sites for hydroxylation is 2. The van der Waals surface area contributed by atoms with Crippen LogP contribution in [0.15, 0.2) is 31.1 Å². The van der Waals surface area contributed by atoms with E-state index >= 15 is 0 Å². The number of piperidine rings is 1. The molecule has 0 saturated carbocycles. The minimum Gasteiger partial charge on any atom is -0.481 e. The lowest BCUT2D eigenvalue weighted by Crippen LogP contribution is -2.33. The van der Waals surface area contributed by atoms with Gasteiger partial charge in [0.05, 0.1) is 10.6 Å². The van der Waals surface area contributed by atoms with Crippen LogP contribution in [0.4, 0.5) is 13.2 Å². The van der Waals surface area contributed by atoms with E-state index < -0.39 is 17.7 Å². The van der Waals surface area contributed by atoms with E-state index in [0.29, 0.717) is 46.0 Å². The van der Waals surface area contributed by atoms with Crippen LogP contribution in [-0.2, 0) is 24.4 Å². The van der Waals surface area contributed by atoms with Crippen molar-refractivity contribution in [2.75, 3.05) is 13.1 Å². The molecular weight excluding hydrogens is 514 g/mol. The molecule has 1 aromatic carbocycles. The molecule has 0 unspecified atom stereocenters. The number of alkyl halides is 3. The number of aromatic nitrogens is 2. The second kappa shape index (κ2) is 9.98. The van der Waals surface area contributed by atoms with Gasteiger partial charge in [0.1, 0.15) is 5.15 Å². The zero-order valence-corrected chi connectivity index (χ0v) is 21.4. The van der Waals surface area contributed by atoms with Gasteiger partial charge in [-0.3, -0.25) is 4.79 Å². The zero-order valence-electron chi connectivity index (χ0n) is 19.9. The average Bonchev–Trinajstić information content (AvgIpc) is 3.11. The molecule has 1 saturated heterocycles. The second-order valence-corrected chi connectivity index (χ2v) is 10.1. The molecule has 1 aliphatic heterocycles. The summed E-state index contributed by atoms with van der Waals surface area (Å²) in [5, 5.41) is 10.4. The lowest BCUT2D eigenvalue weighted by molar-refractivity contribution is -0.139. The van der Waals surface area contributed by atoms with Crippen molar-refractivity contribution in [3.63, 3.8) is 0 Å². The number of carboxylic acids is 1. The van der Waals surface area contributed by atoms with Crippen molar-refractivity contribution in [1.29, 1.82) is 0 Å². The van der Waals surface area contributed by atoms with Crippen molar-refractivity contribution in [1.82, 2.24) is 14.5 Å². The molecule has 10 heteroatoms. The number of rotatable bonds is 6. The molecule has 0 bridgehead atoms. The minimum atomic E-state index is -4.43. The molecule has 5 nitrogen and oxygen atoms in total. The van der Waals surface area contributed by atoms with Crippen LogP contribution in [0.1, 0.15) is 47.1 Å². The average molecular weight is 540 g/mol. The standard InChI is InChI=1S/C26H26Cl2F3N3O2/c1-14-8-18(26(29,30)31)11-21-23(14)17(13-33(21)3)10-19-24(27)20(12-32-25(19)28)15(2)34-6-4-16(5-7-34)9-22(35)36/h8,11-13,16H,2,4-7,9-10H2,1,3H3,(H,35,36). The molecule has 0 aliphatic carbocycles. The fraction of sp³-hybridized carbons (Fsp3) is 0.385. The van der Waals surface area contributed by atoms with Crippen LogP contribution in [0.3, 0.4) is 0 Å². The first kappa shape index (κ1) is 26.4. The van der Waals surface area contributed by atoms with Gasteiger partial charge in [-0.2, -0.15) is 13.2 Å². The van der Waals surface area contributed by atoms with Crippen molar-refractivity contribution < 1.29 is 23.1 Å². The fourth-order valence-corrected chi connectivity index (χ4v) is 5.58. The van der Waals surface area contributed by atoms with E-state index in [-0.39, 0.29) is 23.9 Å². The SMILES string of the molecule is C=C(c1cnc(Cl)c(Cc2cn(C)c3cc(C(F)(F)F)cc(C)c23)c1Cl)N1CCC(CC(=O)O)CC1. The lowest BCUT2D eigenvalue weighted by Gasteiger charge is -2.34. The van der Waals surface area contributed by atoms with Gasteiger partial charge in [-0.05, 0) is 48.9 Å². The third-order valence-electron chi connectivity index (χ3n) is 6.89. The normalized spacial score (nSPS) is 15.0. The van der Waals surface area contributed by atoms with Crippen LogP contribution in [0, 0.1) is 12.8 Å².